The molecule has 0 radical (unpaired) electrons. The van der Waals surface area contributed by atoms with Gasteiger partial charge in [-0.05, 0) is 35.3 Å². The predicted molar refractivity (Wildman–Crippen MR) is 89.7 cm³/mol. The van der Waals surface area contributed by atoms with E-state index < -0.39 is 0 Å². The van der Waals surface area contributed by atoms with Gasteiger partial charge in [-0.15, -0.1) is 0 Å². The summed E-state index contributed by atoms with van der Waals surface area (Å²) in [7, 11) is 0. The summed E-state index contributed by atoms with van der Waals surface area (Å²) < 4.78 is 0. The Morgan fingerprint density at radius 3 is 2.14 bits per heavy atom. The van der Waals surface area contributed by atoms with E-state index in [0.717, 1.165) is 19.0 Å². The Balaban J connectivity index is 1.82. The van der Waals surface area contributed by atoms with Crippen molar-refractivity contribution in [2.45, 2.75) is 51.5 Å². The lowest BCUT2D eigenvalue weighted by Crippen LogP contribution is -2.47. The van der Waals surface area contributed by atoms with E-state index in [9.17, 15) is 0 Å². The molecule has 1 aromatic rings. The fraction of sp³-hybridized carbons (Fsp3) is 0.684. The summed E-state index contributed by atoms with van der Waals surface area (Å²) in [6, 6.07) is 10.1. The van der Waals surface area contributed by atoms with Crippen LogP contribution >= 0.6 is 0 Å². The van der Waals surface area contributed by atoms with Crippen molar-refractivity contribution in [3.05, 3.63) is 35.4 Å². The SMILES string of the molecule is CC(C)(C)c1ccc([C@H](C2CCC2)N2CCNCC2)cc1. The maximum Gasteiger partial charge on any atom is 0.0377 e. The minimum Gasteiger partial charge on any atom is -0.314 e. The summed E-state index contributed by atoms with van der Waals surface area (Å²) in [5.74, 6) is 0.878. The normalized spacial score (nSPS) is 22.8. The monoisotopic (exact) mass is 286 g/mol. The van der Waals surface area contributed by atoms with E-state index in [0.29, 0.717) is 6.04 Å². The molecular formula is C19H30N2. The summed E-state index contributed by atoms with van der Waals surface area (Å²) in [4.78, 5) is 2.71. The van der Waals surface area contributed by atoms with Crippen LogP contribution in [0.5, 0.6) is 0 Å². The lowest BCUT2D eigenvalue weighted by Gasteiger charge is -2.43. The first-order valence-corrected chi connectivity index (χ1v) is 8.61. The third-order valence-electron chi connectivity index (χ3n) is 5.26. The van der Waals surface area contributed by atoms with Gasteiger partial charge >= 0.3 is 0 Å². The molecule has 0 bridgehead atoms. The van der Waals surface area contributed by atoms with Crippen LogP contribution in [0.1, 0.15) is 57.2 Å². The Bertz CT molecular complexity index is 447. The number of nitrogens with one attached hydrogen (secondary N) is 1. The molecule has 1 N–H and O–H groups in total. The summed E-state index contributed by atoms with van der Waals surface area (Å²) >= 11 is 0. The van der Waals surface area contributed by atoms with Gasteiger partial charge in [-0.25, -0.2) is 0 Å². The van der Waals surface area contributed by atoms with Crippen molar-refractivity contribution in [2.75, 3.05) is 26.2 Å². The predicted octanol–water partition coefficient (Wildman–Crippen LogP) is 3.73. The van der Waals surface area contributed by atoms with Crippen LogP contribution < -0.4 is 5.32 Å². The summed E-state index contributed by atoms with van der Waals surface area (Å²) in [6.45, 7) is 11.6. The molecule has 1 aliphatic carbocycles. The van der Waals surface area contributed by atoms with Gasteiger partial charge in [0.1, 0.15) is 0 Å². The van der Waals surface area contributed by atoms with Gasteiger partial charge in [0.15, 0.2) is 0 Å². The molecule has 0 aromatic heterocycles. The number of benzene rings is 1. The molecule has 0 unspecified atom stereocenters. The second kappa shape index (κ2) is 6.10. The molecule has 0 amide bonds. The zero-order valence-electron chi connectivity index (χ0n) is 13.9. The third-order valence-corrected chi connectivity index (χ3v) is 5.26. The topological polar surface area (TPSA) is 15.3 Å². The van der Waals surface area contributed by atoms with E-state index in [1.807, 2.05) is 0 Å². The van der Waals surface area contributed by atoms with Crippen molar-refractivity contribution in [1.82, 2.24) is 10.2 Å². The molecule has 2 aliphatic rings. The number of hydrogen-bond donors (Lipinski definition) is 1. The van der Waals surface area contributed by atoms with Gasteiger partial charge < -0.3 is 5.32 Å². The van der Waals surface area contributed by atoms with Gasteiger partial charge in [0, 0.05) is 32.2 Å². The van der Waals surface area contributed by atoms with Crippen molar-refractivity contribution in [1.29, 1.82) is 0 Å². The number of rotatable bonds is 3. The zero-order chi connectivity index (χ0) is 14.9. The third kappa shape index (κ3) is 3.32. The molecule has 0 spiro atoms. The van der Waals surface area contributed by atoms with Crippen LogP contribution in [0.15, 0.2) is 24.3 Å². The fourth-order valence-corrected chi connectivity index (χ4v) is 3.68. The van der Waals surface area contributed by atoms with Gasteiger partial charge in [0.05, 0.1) is 0 Å². The van der Waals surface area contributed by atoms with Crippen molar-refractivity contribution in [3.63, 3.8) is 0 Å². The van der Waals surface area contributed by atoms with Crippen LogP contribution in [0.2, 0.25) is 0 Å². The summed E-state index contributed by atoms with van der Waals surface area (Å²) in [6.07, 6.45) is 4.25. The molecule has 1 aliphatic heterocycles. The second-order valence-electron chi connectivity index (χ2n) is 7.79. The first-order valence-electron chi connectivity index (χ1n) is 8.61. The number of hydrogen-bond acceptors (Lipinski definition) is 2. The average Bonchev–Trinajstić information content (AvgIpc) is 2.43. The lowest BCUT2D eigenvalue weighted by molar-refractivity contribution is 0.0837. The minimum atomic E-state index is 0.250. The van der Waals surface area contributed by atoms with Gasteiger partial charge in [0.2, 0.25) is 0 Å². The van der Waals surface area contributed by atoms with Crippen molar-refractivity contribution in [3.8, 4) is 0 Å². The molecule has 1 heterocycles. The summed E-state index contributed by atoms with van der Waals surface area (Å²) in [5.41, 5.74) is 3.23. The summed E-state index contributed by atoms with van der Waals surface area (Å²) in [5, 5.41) is 3.48. The highest BCUT2D eigenvalue weighted by atomic mass is 15.2. The first kappa shape index (κ1) is 15.1. The lowest BCUT2D eigenvalue weighted by atomic mass is 9.75. The van der Waals surface area contributed by atoms with Crippen LogP contribution in [0.3, 0.4) is 0 Å². The molecule has 21 heavy (non-hydrogen) atoms. The smallest absolute Gasteiger partial charge is 0.0377 e. The van der Waals surface area contributed by atoms with Crippen molar-refractivity contribution in [2.24, 2.45) is 5.92 Å². The van der Waals surface area contributed by atoms with Crippen LogP contribution in [0.25, 0.3) is 0 Å². The molecule has 1 saturated heterocycles. The minimum absolute atomic E-state index is 0.250. The van der Waals surface area contributed by atoms with Crippen LogP contribution in [0.4, 0.5) is 0 Å². The van der Waals surface area contributed by atoms with Gasteiger partial charge in [0.25, 0.3) is 0 Å². The first-order chi connectivity index (χ1) is 10.1. The van der Waals surface area contributed by atoms with Crippen molar-refractivity contribution >= 4 is 0 Å². The fourth-order valence-electron chi connectivity index (χ4n) is 3.68. The van der Waals surface area contributed by atoms with E-state index in [4.69, 9.17) is 0 Å². The van der Waals surface area contributed by atoms with Gasteiger partial charge in [-0.1, -0.05) is 51.5 Å². The molecule has 116 valence electrons. The molecule has 3 rings (SSSR count). The highest BCUT2D eigenvalue weighted by Gasteiger charge is 2.33. The average molecular weight is 286 g/mol. The van der Waals surface area contributed by atoms with E-state index >= 15 is 0 Å². The van der Waals surface area contributed by atoms with Crippen LogP contribution in [-0.4, -0.2) is 31.1 Å². The van der Waals surface area contributed by atoms with Gasteiger partial charge in [-0.3, -0.25) is 4.90 Å². The van der Waals surface area contributed by atoms with Crippen molar-refractivity contribution < 1.29 is 0 Å². The Labute approximate surface area is 129 Å². The number of nitrogens with zero attached hydrogens (tertiary/aromatic N) is 1. The zero-order valence-corrected chi connectivity index (χ0v) is 13.9. The van der Waals surface area contributed by atoms with Crippen LogP contribution in [0, 0.1) is 5.92 Å². The molecule has 2 nitrogen and oxygen atoms in total. The Kier molecular flexibility index (Phi) is 4.37. The van der Waals surface area contributed by atoms with Gasteiger partial charge in [-0.2, -0.15) is 0 Å². The van der Waals surface area contributed by atoms with Crippen LogP contribution in [-0.2, 0) is 5.41 Å². The molecule has 2 fully saturated rings. The maximum absolute atomic E-state index is 3.48. The molecule has 2 heteroatoms. The standard InChI is InChI=1S/C19H30N2/c1-19(2,3)17-9-7-16(8-10-17)18(15-5-4-6-15)21-13-11-20-12-14-21/h7-10,15,18,20H,4-6,11-14H2,1-3H3/t18-/m0/s1. The second-order valence-corrected chi connectivity index (χ2v) is 7.79. The van der Waals surface area contributed by atoms with E-state index in [2.05, 4.69) is 55.3 Å². The highest BCUT2D eigenvalue weighted by Crippen LogP contribution is 2.41. The largest absolute Gasteiger partial charge is 0.314 e. The maximum atomic E-state index is 3.48. The quantitative estimate of drug-likeness (QED) is 0.911. The highest BCUT2D eigenvalue weighted by molar-refractivity contribution is 5.30. The Morgan fingerprint density at radius 1 is 1.05 bits per heavy atom. The van der Waals surface area contributed by atoms with E-state index in [1.165, 1.54) is 43.5 Å². The van der Waals surface area contributed by atoms with E-state index in [1.54, 1.807) is 0 Å². The van der Waals surface area contributed by atoms with E-state index in [-0.39, 0.29) is 5.41 Å². The molecular weight excluding hydrogens is 256 g/mol. The Morgan fingerprint density at radius 2 is 1.67 bits per heavy atom. The number of piperazine rings is 1. The Hall–Kier alpha value is -0.860. The molecule has 1 saturated carbocycles. The molecule has 1 aromatic carbocycles. The molecule has 1 atom stereocenters.